The standard InChI is InChI=1S/C22H39N5O.HI/c1-6-23-22(24-12-11-19-7-9-20(10-8-19)26(4)5)25-17-21(18(2)3)27-13-15-28-16-14-27;/h7-10,18,21H,6,11-17H2,1-5H3,(H2,23,24,25);1H. The van der Waals surface area contributed by atoms with Gasteiger partial charge < -0.3 is 20.3 Å². The quantitative estimate of drug-likeness (QED) is 0.300. The van der Waals surface area contributed by atoms with Gasteiger partial charge in [0.15, 0.2) is 5.96 Å². The third-order valence-corrected chi connectivity index (χ3v) is 5.22. The maximum atomic E-state index is 5.50. The highest BCUT2D eigenvalue weighted by Crippen LogP contribution is 2.14. The lowest BCUT2D eigenvalue weighted by atomic mass is 10.0. The van der Waals surface area contributed by atoms with Gasteiger partial charge in [-0.05, 0) is 37.0 Å². The van der Waals surface area contributed by atoms with Gasteiger partial charge in [-0.25, -0.2) is 0 Å². The molecule has 6 nitrogen and oxygen atoms in total. The second-order valence-electron chi connectivity index (χ2n) is 7.92. The van der Waals surface area contributed by atoms with Gasteiger partial charge in [0.2, 0.25) is 0 Å². The van der Waals surface area contributed by atoms with Crippen LogP contribution in [0.3, 0.4) is 0 Å². The average Bonchev–Trinajstić information content (AvgIpc) is 2.69. The van der Waals surface area contributed by atoms with E-state index in [1.54, 1.807) is 0 Å². The Hall–Kier alpha value is -1.06. The summed E-state index contributed by atoms with van der Waals surface area (Å²) in [7, 11) is 4.13. The van der Waals surface area contributed by atoms with Crippen LogP contribution in [0.4, 0.5) is 5.69 Å². The van der Waals surface area contributed by atoms with Crippen molar-refractivity contribution in [3.8, 4) is 0 Å². The topological polar surface area (TPSA) is 52.1 Å². The first kappa shape index (κ1) is 26.0. The largest absolute Gasteiger partial charge is 0.379 e. The molecule has 166 valence electrons. The first-order chi connectivity index (χ1) is 13.5. The molecule has 1 unspecified atom stereocenters. The highest BCUT2D eigenvalue weighted by Gasteiger charge is 2.23. The zero-order chi connectivity index (χ0) is 20.4. The van der Waals surface area contributed by atoms with E-state index in [1.807, 2.05) is 0 Å². The number of nitrogens with one attached hydrogen (secondary N) is 2. The number of guanidine groups is 1. The Bertz CT molecular complexity index is 585. The summed E-state index contributed by atoms with van der Waals surface area (Å²) in [6.45, 7) is 12.9. The first-order valence-electron chi connectivity index (χ1n) is 10.6. The number of hydrogen-bond donors (Lipinski definition) is 2. The minimum absolute atomic E-state index is 0. The summed E-state index contributed by atoms with van der Waals surface area (Å²) < 4.78 is 5.50. The second kappa shape index (κ2) is 14.0. The number of nitrogens with zero attached hydrogens (tertiary/aromatic N) is 3. The molecular formula is C22H40IN5O. The van der Waals surface area contributed by atoms with Gasteiger partial charge in [-0.15, -0.1) is 24.0 Å². The number of benzene rings is 1. The Kier molecular flexibility index (Phi) is 12.6. The summed E-state index contributed by atoms with van der Waals surface area (Å²) in [5.74, 6) is 1.48. The van der Waals surface area contributed by atoms with Crippen molar-refractivity contribution in [2.45, 2.75) is 33.2 Å². The molecule has 0 amide bonds. The molecule has 0 aromatic heterocycles. The van der Waals surface area contributed by atoms with Gasteiger partial charge in [0.25, 0.3) is 0 Å². The van der Waals surface area contributed by atoms with E-state index in [1.165, 1.54) is 11.3 Å². The zero-order valence-electron chi connectivity index (χ0n) is 18.8. The van der Waals surface area contributed by atoms with Crippen molar-refractivity contribution in [1.29, 1.82) is 0 Å². The molecule has 0 spiro atoms. The lowest BCUT2D eigenvalue weighted by Gasteiger charge is -2.36. The molecule has 1 atom stereocenters. The van der Waals surface area contributed by atoms with Crippen molar-refractivity contribution in [3.63, 3.8) is 0 Å². The number of hydrogen-bond acceptors (Lipinski definition) is 4. The third kappa shape index (κ3) is 9.09. The Morgan fingerprint density at radius 1 is 1.14 bits per heavy atom. The van der Waals surface area contributed by atoms with Crippen molar-refractivity contribution in [1.82, 2.24) is 15.5 Å². The first-order valence-corrected chi connectivity index (χ1v) is 10.6. The van der Waals surface area contributed by atoms with Crippen LogP contribution in [0.25, 0.3) is 0 Å². The predicted octanol–water partition coefficient (Wildman–Crippen LogP) is 2.83. The molecule has 7 heteroatoms. The van der Waals surface area contributed by atoms with Gasteiger partial charge in [-0.3, -0.25) is 9.89 Å². The van der Waals surface area contributed by atoms with Gasteiger partial charge >= 0.3 is 0 Å². The van der Waals surface area contributed by atoms with Gasteiger partial charge in [0.1, 0.15) is 0 Å². The Morgan fingerprint density at radius 2 is 1.79 bits per heavy atom. The van der Waals surface area contributed by atoms with Gasteiger partial charge in [0.05, 0.1) is 19.8 Å². The summed E-state index contributed by atoms with van der Waals surface area (Å²) >= 11 is 0. The number of anilines is 1. The molecule has 1 saturated heterocycles. The second-order valence-corrected chi connectivity index (χ2v) is 7.92. The van der Waals surface area contributed by atoms with Crippen LogP contribution < -0.4 is 15.5 Å². The summed E-state index contributed by atoms with van der Waals surface area (Å²) in [4.78, 5) is 9.53. The molecule has 1 fully saturated rings. The molecule has 0 aliphatic carbocycles. The van der Waals surface area contributed by atoms with E-state index in [9.17, 15) is 0 Å². The SMILES string of the molecule is CCNC(=NCC(C(C)C)N1CCOCC1)NCCc1ccc(N(C)C)cc1.I. The van der Waals surface area contributed by atoms with Crippen LogP contribution >= 0.6 is 24.0 Å². The average molecular weight is 518 g/mol. The number of halogens is 1. The molecule has 1 aromatic rings. The van der Waals surface area contributed by atoms with Crippen LogP contribution in [0.5, 0.6) is 0 Å². The zero-order valence-corrected chi connectivity index (χ0v) is 21.1. The summed E-state index contributed by atoms with van der Waals surface area (Å²) in [5.41, 5.74) is 2.57. The number of rotatable bonds is 9. The smallest absolute Gasteiger partial charge is 0.191 e. The molecule has 1 aliphatic heterocycles. The van der Waals surface area contributed by atoms with E-state index in [0.29, 0.717) is 12.0 Å². The lowest BCUT2D eigenvalue weighted by molar-refractivity contribution is 0.00867. The number of morpholine rings is 1. The summed E-state index contributed by atoms with van der Waals surface area (Å²) in [6.07, 6.45) is 0.981. The fourth-order valence-corrected chi connectivity index (χ4v) is 3.47. The van der Waals surface area contributed by atoms with Gasteiger partial charge in [-0.2, -0.15) is 0 Å². The van der Waals surface area contributed by atoms with E-state index in [0.717, 1.165) is 58.3 Å². The molecule has 1 aliphatic rings. The fourth-order valence-electron chi connectivity index (χ4n) is 3.47. The van der Waals surface area contributed by atoms with Crippen molar-refractivity contribution in [3.05, 3.63) is 29.8 Å². The van der Waals surface area contributed by atoms with Crippen LogP contribution in [0.2, 0.25) is 0 Å². The molecule has 29 heavy (non-hydrogen) atoms. The highest BCUT2D eigenvalue weighted by molar-refractivity contribution is 14.0. The monoisotopic (exact) mass is 517 g/mol. The maximum absolute atomic E-state index is 5.50. The van der Waals surface area contributed by atoms with Crippen LogP contribution in [0.1, 0.15) is 26.3 Å². The Labute approximate surface area is 194 Å². The lowest BCUT2D eigenvalue weighted by Crippen LogP contribution is -2.48. The fraction of sp³-hybridized carbons (Fsp3) is 0.682. The number of aliphatic imine (C=N–C) groups is 1. The minimum atomic E-state index is 0. The van der Waals surface area contributed by atoms with E-state index in [4.69, 9.17) is 9.73 Å². The minimum Gasteiger partial charge on any atom is -0.379 e. The Morgan fingerprint density at radius 3 is 2.34 bits per heavy atom. The van der Waals surface area contributed by atoms with Crippen LogP contribution in [0, 0.1) is 5.92 Å². The third-order valence-electron chi connectivity index (χ3n) is 5.22. The van der Waals surface area contributed by atoms with Crippen molar-refractivity contribution >= 4 is 35.6 Å². The van der Waals surface area contributed by atoms with Gasteiger partial charge in [-0.1, -0.05) is 26.0 Å². The molecular weight excluding hydrogens is 477 g/mol. The predicted molar refractivity (Wildman–Crippen MR) is 135 cm³/mol. The maximum Gasteiger partial charge on any atom is 0.191 e. The van der Waals surface area contributed by atoms with Crippen molar-refractivity contribution in [2.24, 2.45) is 10.9 Å². The molecule has 1 aromatic carbocycles. The van der Waals surface area contributed by atoms with E-state index in [2.05, 4.69) is 79.6 Å². The van der Waals surface area contributed by atoms with E-state index >= 15 is 0 Å². The van der Waals surface area contributed by atoms with E-state index in [-0.39, 0.29) is 24.0 Å². The Balaban J connectivity index is 0.00000420. The molecule has 0 saturated carbocycles. The summed E-state index contributed by atoms with van der Waals surface area (Å²) in [5, 5.41) is 6.87. The number of ether oxygens (including phenoxy) is 1. The molecule has 0 bridgehead atoms. The van der Waals surface area contributed by atoms with Crippen molar-refractivity contribution < 1.29 is 4.74 Å². The van der Waals surface area contributed by atoms with Crippen LogP contribution in [0.15, 0.2) is 29.3 Å². The molecule has 0 radical (unpaired) electrons. The van der Waals surface area contributed by atoms with Crippen LogP contribution in [-0.4, -0.2) is 76.9 Å². The molecule has 2 N–H and O–H groups in total. The van der Waals surface area contributed by atoms with E-state index < -0.39 is 0 Å². The molecule has 2 rings (SSSR count). The summed E-state index contributed by atoms with van der Waals surface area (Å²) in [6, 6.07) is 9.20. The normalized spacial score (nSPS) is 16.3. The highest BCUT2D eigenvalue weighted by atomic mass is 127. The molecule has 1 heterocycles. The van der Waals surface area contributed by atoms with Crippen LogP contribution in [-0.2, 0) is 11.2 Å². The van der Waals surface area contributed by atoms with Crippen molar-refractivity contribution in [2.75, 3.05) is 64.9 Å². The van der Waals surface area contributed by atoms with Gasteiger partial charge in [0, 0.05) is 52.0 Å².